The Balaban J connectivity index is 1.39. The lowest BCUT2D eigenvalue weighted by Crippen LogP contribution is -2.45. The average Bonchev–Trinajstić information content (AvgIpc) is 3.46. The Hall–Kier alpha value is -4.28. The molecule has 1 fully saturated rings. The number of aromatic nitrogens is 6. The first-order valence-corrected chi connectivity index (χ1v) is 16.5. The summed E-state index contributed by atoms with van der Waals surface area (Å²) < 4.78 is 19.2. The van der Waals surface area contributed by atoms with E-state index in [1.54, 1.807) is 32.8 Å². The Labute approximate surface area is 244 Å². The summed E-state index contributed by atoms with van der Waals surface area (Å²) in [4.78, 5) is 31.2. The quantitative estimate of drug-likeness (QED) is 0.224. The number of aromatic amines is 1. The van der Waals surface area contributed by atoms with Crippen molar-refractivity contribution < 1.29 is 9.30 Å². The van der Waals surface area contributed by atoms with E-state index in [-0.39, 0.29) is 0 Å². The van der Waals surface area contributed by atoms with E-state index < -0.39 is 7.14 Å². The maximum Gasteiger partial charge on any atom is 0.239 e. The van der Waals surface area contributed by atoms with Crippen LogP contribution in [0.5, 0.6) is 5.88 Å². The fourth-order valence-electron chi connectivity index (χ4n) is 5.33. The van der Waals surface area contributed by atoms with Crippen molar-refractivity contribution in [3.8, 4) is 5.88 Å². The van der Waals surface area contributed by atoms with Gasteiger partial charge in [-0.3, -0.25) is 9.97 Å². The maximum atomic E-state index is 13.5. The molecule has 1 saturated heterocycles. The highest BCUT2D eigenvalue weighted by Crippen LogP contribution is 2.41. The number of anilines is 5. The SMILES string of the molecule is CCc1cc(Nc2nc(Nc3ccc4nccnc4c3P(C)(C)=O)c3cc[nH]c3n2)c(OC)nc1N1CCN(C)CC1. The van der Waals surface area contributed by atoms with Gasteiger partial charge in [0.15, 0.2) is 0 Å². The summed E-state index contributed by atoms with van der Waals surface area (Å²) in [5.74, 6) is 2.34. The topological polar surface area (TPSA) is 137 Å². The van der Waals surface area contributed by atoms with Crippen LogP contribution < -0.4 is 25.6 Å². The number of hydrogen-bond donors (Lipinski definition) is 3. The number of piperazine rings is 1. The zero-order valence-corrected chi connectivity index (χ0v) is 25.4. The number of hydrogen-bond acceptors (Lipinski definition) is 11. The molecule has 0 amide bonds. The molecule has 1 aliphatic heterocycles. The molecule has 42 heavy (non-hydrogen) atoms. The number of ether oxygens (including phenoxy) is 1. The van der Waals surface area contributed by atoms with Crippen LogP contribution in [-0.2, 0) is 11.0 Å². The molecule has 1 aliphatic rings. The molecular formula is C29H35N10O2P. The van der Waals surface area contributed by atoms with Gasteiger partial charge in [-0.15, -0.1) is 0 Å². The van der Waals surface area contributed by atoms with Crippen LogP contribution in [0.1, 0.15) is 12.5 Å². The van der Waals surface area contributed by atoms with Gasteiger partial charge in [0.2, 0.25) is 11.8 Å². The van der Waals surface area contributed by atoms with Gasteiger partial charge < -0.3 is 34.7 Å². The summed E-state index contributed by atoms with van der Waals surface area (Å²) >= 11 is 0. The largest absolute Gasteiger partial charge is 0.479 e. The van der Waals surface area contributed by atoms with Gasteiger partial charge in [0, 0.05) is 44.8 Å². The summed E-state index contributed by atoms with van der Waals surface area (Å²) in [7, 11) is 1.00. The highest BCUT2D eigenvalue weighted by atomic mass is 31.2. The summed E-state index contributed by atoms with van der Waals surface area (Å²) in [6.45, 7) is 9.40. The van der Waals surface area contributed by atoms with Gasteiger partial charge >= 0.3 is 0 Å². The second-order valence-corrected chi connectivity index (χ2v) is 13.9. The van der Waals surface area contributed by atoms with Gasteiger partial charge in [-0.2, -0.15) is 15.0 Å². The van der Waals surface area contributed by atoms with Crippen molar-refractivity contribution in [1.29, 1.82) is 0 Å². The molecule has 0 unspecified atom stereocenters. The fourth-order valence-corrected chi connectivity index (χ4v) is 6.73. The Bertz CT molecular complexity index is 1810. The first kappa shape index (κ1) is 27.9. The zero-order valence-electron chi connectivity index (χ0n) is 24.5. The number of aryl methyl sites for hydroxylation is 1. The van der Waals surface area contributed by atoms with E-state index >= 15 is 0 Å². The predicted octanol–water partition coefficient (Wildman–Crippen LogP) is 4.35. The van der Waals surface area contributed by atoms with Crippen LogP contribution in [0.15, 0.2) is 42.9 Å². The summed E-state index contributed by atoms with van der Waals surface area (Å²) in [6.07, 6.45) is 5.88. The van der Waals surface area contributed by atoms with Crippen LogP contribution in [0.4, 0.5) is 29.0 Å². The van der Waals surface area contributed by atoms with Gasteiger partial charge in [0.25, 0.3) is 0 Å². The normalized spacial score (nSPS) is 14.5. The number of pyridine rings is 1. The molecule has 0 saturated carbocycles. The minimum atomic E-state index is -2.75. The first-order chi connectivity index (χ1) is 20.2. The van der Waals surface area contributed by atoms with Crippen molar-refractivity contribution >= 4 is 63.5 Å². The van der Waals surface area contributed by atoms with Gasteiger partial charge in [-0.25, -0.2) is 0 Å². The molecule has 3 N–H and O–H groups in total. The van der Waals surface area contributed by atoms with E-state index in [4.69, 9.17) is 19.7 Å². The van der Waals surface area contributed by atoms with E-state index in [1.807, 2.05) is 24.4 Å². The molecule has 0 bridgehead atoms. The smallest absolute Gasteiger partial charge is 0.239 e. The van der Waals surface area contributed by atoms with E-state index in [1.165, 1.54) is 0 Å². The molecule has 5 aromatic rings. The van der Waals surface area contributed by atoms with Crippen molar-refractivity contribution in [2.75, 3.05) is 69.2 Å². The third-order valence-corrected chi connectivity index (χ3v) is 9.02. The number of methoxy groups -OCH3 is 1. The van der Waals surface area contributed by atoms with Crippen molar-refractivity contribution in [2.45, 2.75) is 13.3 Å². The number of benzene rings is 1. The molecule has 6 rings (SSSR count). The van der Waals surface area contributed by atoms with Gasteiger partial charge in [0.1, 0.15) is 35.6 Å². The standard InChI is InChI=1S/C29H35N10O2P/c1-6-18-17-22(28(41-3)37-27(18)39-15-13-38(2)14-16-39)34-29-35-25-19(9-10-32-25)26(36-29)33-21-8-7-20-23(31-12-11-30-20)24(21)42(4,5)40/h7-12,17H,6,13-16H2,1-5H3,(H3,32,33,34,35,36). The molecule has 13 heteroatoms. The summed E-state index contributed by atoms with van der Waals surface area (Å²) in [5, 5.41) is 8.19. The predicted molar refractivity (Wildman–Crippen MR) is 169 cm³/mol. The average molecular weight is 587 g/mol. The molecule has 0 atom stereocenters. The number of rotatable bonds is 8. The maximum absolute atomic E-state index is 13.5. The lowest BCUT2D eigenvalue weighted by atomic mass is 10.1. The van der Waals surface area contributed by atoms with Crippen molar-refractivity contribution in [1.82, 2.24) is 34.8 Å². The lowest BCUT2D eigenvalue weighted by molar-refractivity contribution is 0.311. The van der Waals surface area contributed by atoms with Crippen LogP contribution in [0, 0.1) is 0 Å². The van der Waals surface area contributed by atoms with Crippen LogP contribution in [0.3, 0.4) is 0 Å². The molecule has 1 aromatic carbocycles. The molecule has 218 valence electrons. The second kappa shape index (κ2) is 11.2. The Morgan fingerprint density at radius 3 is 2.52 bits per heavy atom. The highest BCUT2D eigenvalue weighted by Gasteiger charge is 2.24. The third kappa shape index (κ3) is 5.35. The number of H-pyrrole nitrogens is 1. The molecular weight excluding hydrogens is 551 g/mol. The Morgan fingerprint density at radius 1 is 1.00 bits per heavy atom. The zero-order chi connectivity index (χ0) is 29.4. The molecule has 5 heterocycles. The van der Waals surface area contributed by atoms with E-state index in [9.17, 15) is 4.57 Å². The van der Waals surface area contributed by atoms with Gasteiger partial charge in [-0.1, -0.05) is 6.92 Å². The van der Waals surface area contributed by atoms with Gasteiger partial charge in [-0.05, 0) is 56.6 Å². The summed E-state index contributed by atoms with van der Waals surface area (Å²) in [5.41, 5.74) is 4.39. The Morgan fingerprint density at radius 2 is 1.79 bits per heavy atom. The third-order valence-electron chi connectivity index (χ3n) is 7.49. The molecule has 4 aromatic heterocycles. The lowest BCUT2D eigenvalue weighted by Gasteiger charge is -2.34. The van der Waals surface area contributed by atoms with Crippen LogP contribution in [0.25, 0.3) is 22.1 Å². The van der Waals surface area contributed by atoms with Crippen LogP contribution in [-0.4, -0.2) is 88.5 Å². The van der Waals surface area contributed by atoms with Crippen molar-refractivity contribution in [2.24, 2.45) is 0 Å². The molecule has 0 aliphatic carbocycles. The molecule has 0 radical (unpaired) electrons. The van der Waals surface area contributed by atoms with Gasteiger partial charge in [0.05, 0.1) is 29.0 Å². The monoisotopic (exact) mass is 586 g/mol. The number of nitrogens with one attached hydrogen (secondary N) is 3. The minimum Gasteiger partial charge on any atom is -0.479 e. The van der Waals surface area contributed by atoms with Crippen molar-refractivity contribution in [3.63, 3.8) is 0 Å². The number of likely N-dealkylation sites (N-methyl/N-ethyl adjacent to an activating group) is 1. The van der Waals surface area contributed by atoms with Crippen molar-refractivity contribution in [3.05, 3.63) is 48.4 Å². The van der Waals surface area contributed by atoms with Crippen LogP contribution >= 0.6 is 7.14 Å². The van der Waals surface area contributed by atoms with E-state index in [0.717, 1.165) is 49.4 Å². The number of fused-ring (bicyclic) bond motifs is 2. The molecule has 0 spiro atoms. The van der Waals surface area contributed by atoms with E-state index in [0.29, 0.717) is 51.0 Å². The highest BCUT2D eigenvalue weighted by molar-refractivity contribution is 7.71. The van der Waals surface area contributed by atoms with E-state index in [2.05, 4.69) is 55.4 Å². The fraction of sp³-hybridized carbons (Fsp3) is 0.345. The minimum absolute atomic E-state index is 0.361. The Kier molecular flexibility index (Phi) is 7.42. The first-order valence-electron chi connectivity index (χ1n) is 13.9. The molecule has 12 nitrogen and oxygen atoms in total. The van der Waals surface area contributed by atoms with Crippen LogP contribution in [0.2, 0.25) is 0 Å². The number of nitrogens with zero attached hydrogens (tertiary/aromatic N) is 7. The summed E-state index contributed by atoms with van der Waals surface area (Å²) in [6, 6.07) is 7.71. The second-order valence-electron chi connectivity index (χ2n) is 10.8.